The Morgan fingerprint density at radius 1 is 1.47 bits per heavy atom. The van der Waals surface area contributed by atoms with Crippen LogP contribution in [0.5, 0.6) is 5.75 Å². The SMILES string of the molecule is COc1ccccc1C(=O)CC1CCCNC1. The summed E-state index contributed by atoms with van der Waals surface area (Å²) >= 11 is 0. The molecule has 92 valence electrons. The highest BCUT2D eigenvalue weighted by Gasteiger charge is 2.19. The van der Waals surface area contributed by atoms with E-state index in [1.165, 1.54) is 6.42 Å². The van der Waals surface area contributed by atoms with Gasteiger partial charge < -0.3 is 10.1 Å². The van der Waals surface area contributed by atoms with Gasteiger partial charge in [0.1, 0.15) is 5.75 Å². The van der Waals surface area contributed by atoms with Crippen molar-refractivity contribution in [2.24, 2.45) is 5.92 Å². The topological polar surface area (TPSA) is 38.3 Å². The van der Waals surface area contributed by atoms with Gasteiger partial charge >= 0.3 is 0 Å². The Morgan fingerprint density at radius 3 is 3.00 bits per heavy atom. The van der Waals surface area contributed by atoms with E-state index < -0.39 is 0 Å². The maximum absolute atomic E-state index is 12.2. The van der Waals surface area contributed by atoms with Crippen LogP contribution in [-0.4, -0.2) is 26.0 Å². The number of hydrogen-bond acceptors (Lipinski definition) is 3. The van der Waals surface area contributed by atoms with Crippen LogP contribution in [0.4, 0.5) is 0 Å². The fraction of sp³-hybridized carbons (Fsp3) is 0.500. The molecular weight excluding hydrogens is 214 g/mol. The Bertz CT molecular complexity index is 384. The molecule has 3 heteroatoms. The second kappa shape index (κ2) is 5.82. The second-order valence-corrected chi connectivity index (χ2v) is 4.54. The minimum Gasteiger partial charge on any atom is -0.496 e. The molecular formula is C14H19NO2. The zero-order chi connectivity index (χ0) is 12.1. The summed E-state index contributed by atoms with van der Waals surface area (Å²) in [6, 6.07) is 7.45. The van der Waals surface area contributed by atoms with Crippen LogP contribution in [0.2, 0.25) is 0 Å². The predicted molar refractivity (Wildman–Crippen MR) is 67.5 cm³/mol. The molecule has 1 heterocycles. The average molecular weight is 233 g/mol. The van der Waals surface area contributed by atoms with E-state index in [0.29, 0.717) is 23.7 Å². The van der Waals surface area contributed by atoms with Gasteiger partial charge in [-0.3, -0.25) is 4.79 Å². The number of nitrogens with one attached hydrogen (secondary N) is 1. The van der Waals surface area contributed by atoms with E-state index in [1.54, 1.807) is 7.11 Å². The maximum atomic E-state index is 12.2. The first-order valence-corrected chi connectivity index (χ1v) is 6.18. The van der Waals surface area contributed by atoms with Crippen molar-refractivity contribution < 1.29 is 9.53 Å². The first kappa shape index (κ1) is 12.1. The number of ether oxygens (including phenoxy) is 1. The molecule has 17 heavy (non-hydrogen) atoms. The third-order valence-electron chi connectivity index (χ3n) is 3.28. The second-order valence-electron chi connectivity index (χ2n) is 4.54. The number of ketones is 1. The van der Waals surface area contributed by atoms with Crippen LogP contribution in [-0.2, 0) is 0 Å². The van der Waals surface area contributed by atoms with Crippen LogP contribution >= 0.6 is 0 Å². The number of methoxy groups -OCH3 is 1. The van der Waals surface area contributed by atoms with Crippen LogP contribution in [0.25, 0.3) is 0 Å². The van der Waals surface area contributed by atoms with E-state index in [1.807, 2.05) is 24.3 Å². The summed E-state index contributed by atoms with van der Waals surface area (Å²) in [5, 5.41) is 3.34. The lowest BCUT2D eigenvalue weighted by atomic mass is 9.92. The van der Waals surface area contributed by atoms with Gasteiger partial charge in [0.05, 0.1) is 12.7 Å². The lowest BCUT2D eigenvalue weighted by Crippen LogP contribution is -2.31. The predicted octanol–water partition coefficient (Wildman–Crippen LogP) is 2.27. The minimum absolute atomic E-state index is 0.191. The normalized spacial score (nSPS) is 19.9. The Hall–Kier alpha value is -1.35. The minimum atomic E-state index is 0.191. The lowest BCUT2D eigenvalue weighted by molar-refractivity contribution is 0.0951. The molecule has 1 saturated heterocycles. The molecule has 1 N–H and O–H groups in total. The third-order valence-corrected chi connectivity index (χ3v) is 3.28. The van der Waals surface area contributed by atoms with Crippen molar-refractivity contribution in [3.63, 3.8) is 0 Å². The van der Waals surface area contributed by atoms with Crippen molar-refractivity contribution in [3.05, 3.63) is 29.8 Å². The van der Waals surface area contributed by atoms with Crippen LogP contribution in [0, 0.1) is 5.92 Å². The Balaban J connectivity index is 2.03. The standard InChI is InChI=1S/C14H19NO2/c1-17-14-7-3-2-6-12(14)13(16)9-11-5-4-8-15-10-11/h2-3,6-7,11,15H,4-5,8-10H2,1H3. The summed E-state index contributed by atoms with van der Waals surface area (Å²) in [5.41, 5.74) is 0.709. The molecule has 1 aromatic rings. The number of carbonyl (C=O) groups is 1. The van der Waals surface area contributed by atoms with Gasteiger partial charge in [0.15, 0.2) is 5.78 Å². The summed E-state index contributed by atoms with van der Waals surface area (Å²) in [6.07, 6.45) is 2.94. The average Bonchev–Trinajstić information content (AvgIpc) is 2.40. The highest BCUT2D eigenvalue weighted by atomic mass is 16.5. The van der Waals surface area contributed by atoms with Crippen LogP contribution in [0.1, 0.15) is 29.6 Å². The van der Waals surface area contributed by atoms with Crippen LogP contribution < -0.4 is 10.1 Å². The molecule has 1 aliphatic heterocycles. The molecule has 0 saturated carbocycles. The van der Waals surface area contributed by atoms with Gasteiger partial charge in [0, 0.05) is 6.42 Å². The molecule has 0 aromatic heterocycles. The van der Waals surface area contributed by atoms with Crippen LogP contribution in [0.15, 0.2) is 24.3 Å². The van der Waals surface area contributed by atoms with E-state index in [9.17, 15) is 4.79 Å². The molecule has 0 bridgehead atoms. The van der Waals surface area contributed by atoms with E-state index in [4.69, 9.17) is 4.74 Å². The van der Waals surface area contributed by atoms with Gasteiger partial charge in [-0.15, -0.1) is 0 Å². The Kier molecular flexibility index (Phi) is 4.15. The zero-order valence-corrected chi connectivity index (χ0v) is 10.2. The summed E-state index contributed by atoms with van der Waals surface area (Å²) in [5.74, 6) is 1.35. The number of piperidine rings is 1. The number of carbonyl (C=O) groups excluding carboxylic acids is 1. The van der Waals surface area contributed by atoms with Gasteiger partial charge in [-0.1, -0.05) is 12.1 Å². The van der Waals surface area contributed by atoms with Crippen LogP contribution in [0.3, 0.4) is 0 Å². The van der Waals surface area contributed by atoms with Crippen molar-refractivity contribution in [3.8, 4) is 5.75 Å². The lowest BCUT2D eigenvalue weighted by Gasteiger charge is -2.22. The molecule has 1 unspecified atom stereocenters. The number of para-hydroxylation sites is 1. The zero-order valence-electron chi connectivity index (χ0n) is 10.2. The van der Waals surface area contributed by atoms with Crippen molar-refractivity contribution in [2.45, 2.75) is 19.3 Å². The summed E-state index contributed by atoms with van der Waals surface area (Å²) < 4.78 is 5.22. The van der Waals surface area contributed by atoms with Gasteiger partial charge in [-0.05, 0) is 44.0 Å². The molecule has 2 rings (SSSR count). The number of benzene rings is 1. The van der Waals surface area contributed by atoms with Gasteiger partial charge in [-0.25, -0.2) is 0 Å². The van der Waals surface area contributed by atoms with E-state index in [2.05, 4.69) is 5.32 Å². The molecule has 0 aliphatic carbocycles. The first-order chi connectivity index (χ1) is 8.31. The van der Waals surface area contributed by atoms with Gasteiger partial charge in [0.2, 0.25) is 0 Å². The molecule has 0 spiro atoms. The number of rotatable bonds is 4. The van der Waals surface area contributed by atoms with Crippen molar-refractivity contribution >= 4 is 5.78 Å². The number of hydrogen-bond donors (Lipinski definition) is 1. The van der Waals surface area contributed by atoms with Gasteiger partial charge in [0.25, 0.3) is 0 Å². The number of Topliss-reactive ketones (excluding diaryl/α,β-unsaturated/α-hetero) is 1. The van der Waals surface area contributed by atoms with E-state index in [0.717, 1.165) is 19.5 Å². The molecule has 1 atom stereocenters. The van der Waals surface area contributed by atoms with E-state index >= 15 is 0 Å². The Labute approximate surface area is 102 Å². The largest absolute Gasteiger partial charge is 0.496 e. The highest BCUT2D eigenvalue weighted by molar-refractivity contribution is 5.98. The third kappa shape index (κ3) is 3.07. The monoisotopic (exact) mass is 233 g/mol. The summed E-state index contributed by atoms with van der Waals surface area (Å²) in [7, 11) is 1.61. The first-order valence-electron chi connectivity index (χ1n) is 6.18. The molecule has 0 amide bonds. The quantitative estimate of drug-likeness (QED) is 0.811. The van der Waals surface area contributed by atoms with Crippen molar-refractivity contribution in [1.29, 1.82) is 0 Å². The van der Waals surface area contributed by atoms with E-state index in [-0.39, 0.29) is 5.78 Å². The molecule has 1 aromatic carbocycles. The Morgan fingerprint density at radius 2 is 2.29 bits per heavy atom. The molecule has 1 aliphatic rings. The molecule has 0 radical (unpaired) electrons. The highest BCUT2D eigenvalue weighted by Crippen LogP contribution is 2.23. The fourth-order valence-corrected chi connectivity index (χ4v) is 2.35. The smallest absolute Gasteiger partial charge is 0.166 e. The van der Waals surface area contributed by atoms with Crippen molar-refractivity contribution in [2.75, 3.05) is 20.2 Å². The summed E-state index contributed by atoms with van der Waals surface area (Å²) in [6.45, 7) is 2.04. The van der Waals surface area contributed by atoms with Gasteiger partial charge in [-0.2, -0.15) is 0 Å². The molecule has 3 nitrogen and oxygen atoms in total. The molecule has 1 fully saturated rings. The van der Waals surface area contributed by atoms with Crippen molar-refractivity contribution in [1.82, 2.24) is 5.32 Å². The fourth-order valence-electron chi connectivity index (χ4n) is 2.35. The summed E-state index contributed by atoms with van der Waals surface area (Å²) in [4.78, 5) is 12.2. The maximum Gasteiger partial charge on any atom is 0.166 e.